The summed E-state index contributed by atoms with van der Waals surface area (Å²) in [5, 5.41) is 9.17. The van der Waals surface area contributed by atoms with E-state index in [2.05, 4.69) is 48.2 Å². The summed E-state index contributed by atoms with van der Waals surface area (Å²) >= 11 is 0. The van der Waals surface area contributed by atoms with Gasteiger partial charge in [-0.3, -0.25) is 0 Å². The summed E-state index contributed by atoms with van der Waals surface area (Å²) in [6.07, 6.45) is 0.905. The van der Waals surface area contributed by atoms with E-state index in [0.717, 1.165) is 24.1 Å². The molecule has 3 aromatic carbocycles. The van der Waals surface area contributed by atoms with Crippen LogP contribution in [0.15, 0.2) is 72.8 Å². The topological polar surface area (TPSA) is 40.5 Å². The first kappa shape index (κ1) is 18.6. The lowest BCUT2D eigenvalue weighted by Crippen LogP contribution is -2.24. The van der Waals surface area contributed by atoms with E-state index in [4.69, 9.17) is 0 Å². The molecule has 0 bridgehead atoms. The number of carbonyl (C=O) groups is 1. The quantitative estimate of drug-likeness (QED) is 0.593. The maximum absolute atomic E-state index is 13.7. The van der Waals surface area contributed by atoms with Crippen molar-refractivity contribution in [3.05, 3.63) is 89.7 Å². The molecule has 4 heteroatoms. The van der Waals surface area contributed by atoms with Gasteiger partial charge in [0.15, 0.2) is 0 Å². The van der Waals surface area contributed by atoms with Crippen molar-refractivity contribution in [2.24, 2.45) is 0 Å². The zero-order valence-electron chi connectivity index (χ0n) is 15.2. The molecule has 0 unspecified atom stereocenters. The van der Waals surface area contributed by atoms with Gasteiger partial charge >= 0.3 is 5.97 Å². The Morgan fingerprint density at radius 2 is 1.63 bits per heavy atom. The van der Waals surface area contributed by atoms with E-state index in [-0.39, 0.29) is 5.56 Å². The van der Waals surface area contributed by atoms with Crippen LogP contribution in [0.5, 0.6) is 0 Å². The molecule has 0 fully saturated rings. The van der Waals surface area contributed by atoms with Gasteiger partial charge in [-0.25, -0.2) is 9.18 Å². The monoisotopic (exact) mass is 363 g/mol. The Labute approximate surface area is 158 Å². The van der Waals surface area contributed by atoms with Gasteiger partial charge in [-0.05, 0) is 41.3 Å². The molecule has 0 aliphatic heterocycles. The number of hydrogen-bond acceptors (Lipinski definition) is 2. The van der Waals surface area contributed by atoms with Crippen LogP contribution in [0.3, 0.4) is 0 Å². The van der Waals surface area contributed by atoms with Gasteiger partial charge in [0.1, 0.15) is 5.82 Å². The number of nitrogens with zero attached hydrogens (tertiary/aromatic N) is 1. The smallest absolute Gasteiger partial charge is 0.338 e. The standard InChI is InChI=1S/C23H22FNO2/c1-2-14-25(20-12-13-22(24)21(15-20)23(26)27)16-17-8-10-19(11-9-17)18-6-4-3-5-7-18/h3-13,15H,2,14,16H2,1H3,(H,26,27). The van der Waals surface area contributed by atoms with Gasteiger partial charge in [-0.15, -0.1) is 0 Å². The predicted molar refractivity (Wildman–Crippen MR) is 107 cm³/mol. The van der Waals surface area contributed by atoms with Gasteiger partial charge in [-0.2, -0.15) is 0 Å². The summed E-state index contributed by atoms with van der Waals surface area (Å²) in [5.74, 6) is -1.96. The first-order valence-electron chi connectivity index (χ1n) is 9.00. The van der Waals surface area contributed by atoms with Gasteiger partial charge in [-0.1, -0.05) is 61.5 Å². The molecule has 3 aromatic rings. The van der Waals surface area contributed by atoms with Gasteiger partial charge in [0, 0.05) is 18.8 Å². The van der Waals surface area contributed by atoms with Crippen molar-refractivity contribution in [1.82, 2.24) is 0 Å². The van der Waals surface area contributed by atoms with Crippen LogP contribution in [0.1, 0.15) is 29.3 Å². The molecule has 138 valence electrons. The Bertz CT molecular complexity index is 907. The van der Waals surface area contributed by atoms with E-state index in [0.29, 0.717) is 12.2 Å². The molecule has 3 nitrogen and oxygen atoms in total. The maximum Gasteiger partial charge on any atom is 0.338 e. The second kappa shape index (κ2) is 8.49. The fourth-order valence-corrected chi connectivity index (χ4v) is 3.10. The van der Waals surface area contributed by atoms with Crippen molar-refractivity contribution < 1.29 is 14.3 Å². The van der Waals surface area contributed by atoms with Crippen LogP contribution in [0.4, 0.5) is 10.1 Å². The van der Waals surface area contributed by atoms with Crippen LogP contribution in [0, 0.1) is 5.82 Å². The Kier molecular flexibility index (Phi) is 5.87. The third kappa shape index (κ3) is 4.53. The van der Waals surface area contributed by atoms with E-state index in [1.165, 1.54) is 17.7 Å². The molecule has 27 heavy (non-hydrogen) atoms. The molecule has 0 saturated heterocycles. The first-order valence-corrected chi connectivity index (χ1v) is 9.00. The number of halogens is 1. The number of rotatable bonds is 7. The van der Waals surface area contributed by atoms with Crippen molar-refractivity contribution in [1.29, 1.82) is 0 Å². The minimum Gasteiger partial charge on any atom is -0.478 e. The summed E-state index contributed by atoms with van der Waals surface area (Å²) in [5.41, 5.74) is 3.84. The molecule has 0 aromatic heterocycles. The number of aromatic carboxylic acids is 1. The highest BCUT2D eigenvalue weighted by atomic mass is 19.1. The van der Waals surface area contributed by atoms with Crippen LogP contribution < -0.4 is 4.90 Å². The van der Waals surface area contributed by atoms with E-state index >= 15 is 0 Å². The summed E-state index contributed by atoms with van der Waals surface area (Å²) in [6.45, 7) is 3.45. The zero-order chi connectivity index (χ0) is 19.2. The highest BCUT2D eigenvalue weighted by Gasteiger charge is 2.14. The number of anilines is 1. The van der Waals surface area contributed by atoms with E-state index in [1.807, 2.05) is 18.2 Å². The molecule has 0 aliphatic rings. The summed E-state index contributed by atoms with van der Waals surface area (Å²) < 4.78 is 13.7. The van der Waals surface area contributed by atoms with Gasteiger partial charge in [0.25, 0.3) is 0 Å². The van der Waals surface area contributed by atoms with E-state index in [9.17, 15) is 14.3 Å². The zero-order valence-corrected chi connectivity index (χ0v) is 15.2. The second-order valence-corrected chi connectivity index (χ2v) is 6.45. The molecule has 0 atom stereocenters. The lowest BCUT2D eigenvalue weighted by molar-refractivity contribution is 0.0692. The lowest BCUT2D eigenvalue weighted by Gasteiger charge is -2.25. The molecule has 3 rings (SSSR count). The molecule has 0 heterocycles. The van der Waals surface area contributed by atoms with Crippen molar-refractivity contribution >= 4 is 11.7 Å². The van der Waals surface area contributed by atoms with Crippen LogP contribution >= 0.6 is 0 Å². The van der Waals surface area contributed by atoms with Gasteiger partial charge < -0.3 is 10.0 Å². The SMILES string of the molecule is CCCN(Cc1ccc(-c2ccccc2)cc1)c1ccc(F)c(C(=O)O)c1. The van der Waals surface area contributed by atoms with Crippen molar-refractivity contribution in [3.63, 3.8) is 0 Å². The lowest BCUT2D eigenvalue weighted by atomic mass is 10.0. The average Bonchev–Trinajstić information content (AvgIpc) is 2.69. The summed E-state index contributed by atoms with van der Waals surface area (Å²) in [4.78, 5) is 13.3. The van der Waals surface area contributed by atoms with Crippen molar-refractivity contribution in [2.75, 3.05) is 11.4 Å². The molecular weight excluding hydrogens is 341 g/mol. The number of hydrogen-bond donors (Lipinski definition) is 1. The van der Waals surface area contributed by atoms with Gasteiger partial charge in [0.2, 0.25) is 0 Å². The summed E-state index contributed by atoms with van der Waals surface area (Å²) in [6, 6.07) is 22.8. The highest BCUT2D eigenvalue weighted by Crippen LogP contribution is 2.23. The average molecular weight is 363 g/mol. The van der Waals surface area contributed by atoms with Crippen LogP contribution in [0.2, 0.25) is 0 Å². The number of carboxylic acid groups (broad SMARTS) is 1. The van der Waals surface area contributed by atoms with Crippen molar-refractivity contribution in [3.8, 4) is 11.1 Å². The first-order chi connectivity index (χ1) is 13.1. The normalized spacial score (nSPS) is 10.6. The van der Waals surface area contributed by atoms with Gasteiger partial charge in [0.05, 0.1) is 5.56 Å². The highest BCUT2D eigenvalue weighted by molar-refractivity contribution is 5.89. The Morgan fingerprint density at radius 1 is 0.963 bits per heavy atom. The molecule has 1 N–H and O–H groups in total. The third-order valence-corrected chi connectivity index (χ3v) is 4.47. The third-order valence-electron chi connectivity index (χ3n) is 4.47. The molecule has 0 aliphatic carbocycles. The molecular formula is C23H22FNO2. The fourth-order valence-electron chi connectivity index (χ4n) is 3.10. The molecule has 0 radical (unpaired) electrons. The van der Waals surface area contributed by atoms with E-state index in [1.54, 1.807) is 6.07 Å². The Morgan fingerprint density at radius 3 is 2.26 bits per heavy atom. The summed E-state index contributed by atoms with van der Waals surface area (Å²) in [7, 11) is 0. The van der Waals surface area contributed by atoms with Crippen LogP contribution in [0.25, 0.3) is 11.1 Å². The van der Waals surface area contributed by atoms with Crippen LogP contribution in [-0.4, -0.2) is 17.6 Å². The molecule has 0 spiro atoms. The van der Waals surface area contributed by atoms with E-state index < -0.39 is 11.8 Å². The van der Waals surface area contributed by atoms with Crippen LogP contribution in [-0.2, 0) is 6.54 Å². The fraction of sp³-hybridized carbons (Fsp3) is 0.174. The Balaban J connectivity index is 1.82. The largest absolute Gasteiger partial charge is 0.478 e. The van der Waals surface area contributed by atoms with Crippen molar-refractivity contribution in [2.45, 2.75) is 19.9 Å². The molecule has 0 saturated carbocycles. The minimum atomic E-state index is -1.25. The minimum absolute atomic E-state index is 0.298. The maximum atomic E-state index is 13.7. The number of carboxylic acids is 1. The Hall–Kier alpha value is -3.14. The second-order valence-electron chi connectivity index (χ2n) is 6.45. The molecule has 0 amide bonds. The number of benzene rings is 3. The predicted octanol–water partition coefficient (Wildman–Crippen LogP) is 5.61.